The van der Waals surface area contributed by atoms with Crippen LogP contribution in [-0.2, 0) is 12.8 Å². The molecule has 1 aromatic rings. The minimum Gasteiger partial charge on any atom is -0.398 e. The summed E-state index contributed by atoms with van der Waals surface area (Å²) in [6, 6.07) is 4.23. The van der Waals surface area contributed by atoms with E-state index in [1.165, 1.54) is 16.7 Å². The average molecular weight is 208 g/mol. The monoisotopic (exact) mass is 208 g/mol. The van der Waals surface area contributed by atoms with Crippen LogP contribution < -0.4 is 11.9 Å². The van der Waals surface area contributed by atoms with Crippen LogP contribution in [0.15, 0.2) is 12.1 Å². The molecule has 0 aliphatic carbocycles. The number of anilines is 1. The average Bonchev–Trinajstić information content (AvgIpc) is 2.16. The molecule has 0 atom stereocenters. The second-order valence-electron chi connectivity index (χ2n) is 4.06. The lowest BCUT2D eigenvalue weighted by Gasteiger charge is -2.17. The van der Waals surface area contributed by atoms with Crippen molar-refractivity contribution < 1.29 is 0 Å². The van der Waals surface area contributed by atoms with E-state index in [4.69, 9.17) is 5.73 Å². The maximum absolute atomic E-state index is 5.98. The quantitative estimate of drug-likeness (QED) is 0.744. The first-order chi connectivity index (χ1) is 6.61. The molecule has 0 aliphatic heterocycles. The SMILES string of the molecule is CCc1c(N)ccc(C(C)C)c1CC.N. The van der Waals surface area contributed by atoms with Crippen molar-refractivity contribution >= 4 is 5.69 Å². The molecule has 0 aliphatic rings. The molecule has 0 fully saturated rings. The predicted molar refractivity (Wildman–Crippen MR) is 68.7 cm³/mol. The van der Waals surface area contributed by atoms with Gasteiger partial charge in [0, 0.05) is 5.69 Å². The summed E-state index contributed by atoms with van der Waals surface area (Å²) >= 11 is 0. The summed E-state index contributed by atoms with van der Waals surface area (Å²) in [5, 5.41) is 0. The molecule has 0 amide bonds. The third-order valence-electron chi connectivity index (χ3n) is 2.83. The van der Waals surface area contributed by atoms with Crippen LogP contribution in [-0.4, -0.2) is 0 Å². The first-order valence-electron chi connectivity index (χ1n) is 5.51. The molecule has 15 heavy (non-hydrogen) atoms. The molecule has 2 heteroatoms. The Bertz CT molecular complexity index is 317. The lowest BCUT2D eigenvalue weighted by atomic mass is 9.90. The van der Waals surface area contributed by atoms with Gasteiger partial charge in [0.15, 0.2) is 0 Å². The predicted octanol–water partition coefficient (Wildman–Crippen LogP) is 3.68. The van der Waals surface area contributed by atoms with Gasteiger partial charge in [-0.1, -0.05) is 33.8 Å². The van der Waals surface area contributed by atoms with E-state index in [0.29, 0.717) is 5.92 Å². The van der Waals surface area contributed by atoms with Crippen LogP contribution in [0.2, 0.25) is 0 Å². The first kappa shape index (κ1) is 14.0. The normalized spacial score (nSPS) is 10.2. The third-order valence-corrected chi connectivity index (χ3v) is 2.83. The standard InChI is InChI=1S/C13H21N.H3N/c1-5-10-11(6-2)13(14)8-7-12(10)9(3)4;/h7-9H,5-6,14H2,1-4H3;1H3. The van der Waals surface area contributed by atoms with Gasteiger partial charge in [-0.25, -0.2) is 0 Å². The number of hydrogen-bond acceptors (Lipinski definition) is 2. The number of nitrogens with two attached hydrogens (primary N) is 1. The fourth-order valence-corrected chi connectivity index (χ4v) is 2.11. The summed E-state index contributed by atoms with van der Waals surface area (Å²) in [4.78, 5) is 0. The zero-order chi connectivity index (χ0) is 10.7. The molecule has 0 heterocycles. The van der Waals surface area contributed by atoms with Crippen LogP contribution in [0, 0.1) is 0 Å². The Hall–Kier alpha value is -1.02. The molecule has 0 saturated heterocycles. The smallest absolute Gasteiger partial charge is 0.0349 e. The van der Waals surface area contributed by atoms with E-state index in [1.54, 1.807) is 0 Å². The van der Waals surface area contributed by atoms with Crippen molar-refractivity contribution in [3.05, 3.63) is 28.8 Å². The minimum absolute atomic E-state index is 0. The maximum Gasteiger partial charge on any atom is 0.0349 e. The fourth-order valence-electron chi connectivity index (χ4n) is 2.11. The van der Waals surface area contributed by atoms with Crippen LogP contribution in [0.25, 0.3) is 0 Å². The van der Waals surface area contributed by atoms with Gasteiger partial charge in [-0.2, -0.15) is 0 Å². The highest BCUT2D eigenvalue weighted by Gasteiger charge is 2.10. The molecule has 1 aromatic carbocycles. The lowest BCUT2D eigenvalue weighted by Crippen LogP contribution is -2.04. The van der Waals surface area contributed by atoms with Crippen molar-refractivity contribution in [3.8, 4) is 0 Å². The zero-order valence-electron chi connectivity index (χ0n) is 10.4. The summed E-state index contributed by atoms with van der Waals surface area (Å²) in [6.07, 6.45) is 2.12. The summed E-state index contributed by atoms with van der Waals surface area (Å²) < 4.78 is 0. The van der Waals surface area contributed by atoms with Gasteiger partial charge in [0.05, 0.1) is 0 Å². The van der Waals surface area contributed by atoms with E-state index in [0.717, 1.165) is 18.5 Å². The Morgan fingerprint density at radius 3 is 2.00 bits per heavy atom. The van der Waals surface area contributed by atoms with E-state index in [2.05, 4.69) is 33.8 Å². The molecule has 0 bridgehead atoms. The van der Waals surface area contributed by atoms with Crippen LogP contribution >= 0.6 is 0 Å². The molecule has 0 aromatic heterocycles. The number of benzene rings is 1. The fraction of sp³-hybridized carbons (Fsp3) is 0.538. The number of rotatable bonds is 3. The van der Waals surface area contributed by atoms with Crippen molar-refractivity contribution in [1.29, 1.82) is 0 Å². The van der Waals surface area contributed by atoms with Gasteiger partial charge in [-0.15, -0.1) is 0 Å². The zero-order valence-corrected chi connectivity index (χ0v) is 10.4. The first-order valence-corrected chi connectivity index (χ1v) is 5.51. The van der Waals surface area contributed by atoms with Crippen molar-refractivity contribution in [2.45, 2.75) is 46.5 Å². The van der Waals surface area contributed by atoms with Crippen molar-refractivity contribution in [2.75, 3.05) is 5.73 Å². The van der Waals surface area contributed by atoms with E-state index in [9.17, 15) is 0 Å². The minimum atomic E-state index is 0. The maximum atomic E-state index is 5.98. The highest BCUT2D eigenvalue weighted by Crippen LogP contribution is 2.27. The Morgan fingerprint density at radius 1 is 1.07 bits per heavy atom. The van der Waals surface area contributed by atoms with Crippen molar-refractivity contribution in [2.24, 2.45) is 0 Å². The van der Waals surface area contributed by atoms with Gasteiger partial charge in [-0.05, 0) is 41.5 Å². The lowest BCUT2D eigenvalue weighted by molar-refractivity contribution is 0.836. The van der Waals surface area contributed by atoms with Crippen LogP contribution in [0.4, 0.5) is 5.69 Å². The summed E-state index contributed by atoms with van der Waals surface area (Å²) in [5.41, 5.74) is 11.2. The van der Waals surface area contributed by atoms with Crippen molar-refractivity contribution in [3.63, 3.8) is 0 Å². The molecular weight excluding hydrogens is 184 g/mol. The van der Waals surface area contributed by atoms with Gasteiger partial charge in [0.2, 0.25) is 0 Å². The molecule has 2 nitrogen and oxygen atoms in total. The van der Waals surface area contributed by atoms with Gasteiger partial charge < -0.3 is 11.9 Å². The topological polar surface area (TPSA) is 61.0 Å². The van der Waals surface area contributed by atoms with Crippen LogP contribution in [0.3, 0.4) is 0 Å². The van der Waals surface area contributed by atoms with Gasteiger partial charge >= 0.3 is 0 Å². The second kappa shape index (κ2) is 5.76. The summed E-state index contributed by atoms with van der Waals surface area (Å²) in [5.74, 6) is 0.593. The largest absolute Gasteiger partial charge is 0.398 e. The second-order valence-corrected chi connectivity index (χ2v) is 4.06. The molecule has 1 rings (SSSR count). The molecular formula is C13H24N2. The molecule has 5 N–H and O–H groups in total. The Balaban J connectivity index is 0.00000196. The van der Waals surface area contributed by atoms with Gasteiger partial charge in [0.1, 0.15) is 0 Å². The van der Waals surface area contributed by atoms with E-state index in [1.807, 2.05) is 6.07 Å². The van der Waals surface area contributed by atoms with E-state index < -0.39 is 0 Å². The number of nitrogen functional groups attached to an aromatic ring is 1. The molecule has 0 spiro atoms. The van der Waals surface area contributed by atoms with Crippen LogP contribution in [0.5, 0.6) is 0 Å². The Labute approximate surface area is 93.5 Å². The highest BCUT2D eigenvalue weighted by atomic mass is 14.6. The molecule has 0 saturated carbocycles. The van der Waals surface area contributed by atoms with Gasteiger partial charge in [-0.3, -0.25) is 0 Å². The Morgan fingerprint density at radius 2 is 1.60 bits per heavy atom. The summed E-state index contributed by atoms with van der Waals surface area (Å²) in [6.45, 7) is 8.86. The molecule has 86 valence electrons. The van der Waals surface area contributed by atoms with Crippen molar-refractivity contribution in [1.82, 2.24) is 6.15 Å². The van der Waals surface area contributed by atoms with E-state index in [-0.39, 0.29) is 6.15 Å². The van der Waals surface area contributed by atoms with Gasteiger partial charge in [0.25, 0.3) is 0 Å². The van der Waals surface area contributed by atoms with E-state index >= 15 is 0 Å². The molecule has 0 radical (unpaired) electrons. The van der Waals surface area contributed by atoms with Crippen LogP contribution in [0.1, 0.15) is 50.3 Å². The number of hydrogen-bond donors (Lipinski definition) is 2. The third kappa shape index (κ3) is 2.72. The molecule has 0 unspecified atom stereocenters. The Kier molecular flexibility index (Phi) is 5.37. The summed E-state index contributed by atoms with van der Waals surface area (Å²) in [7, 11) is 0. The highest BCUT2D eigenvalue weighted by molar-refractivity contribution is 5.54.